The molecule has 0 unspecified atom stereocenters. The maximum atomic E-state index is 12.2. The molecule has 39 heavy (non-hydrogen) atoms. The zero-order valence-electron chi connectivity index (χ0n) is 22.5. The van der Waals surface area contributed by atoms with E-state index in [9.17, 15) is 4.79 Å². The molecule has 210 valence electrons. The van der Waals surface area contributed by atoms with Crippen molar-refractivity contribution < 1.29 is 14.3 Å². The summed E-state index contributed by atoms with van der Waals surface area (Å²) in [6, 6.07) is 13.3. The molecule has 3 aromatic rings. The molecule has 2 heterocycles. The average Bonchev–Trinajstić information content (AvgIpc) is 2.95. The lowest BCUT2D eigenvalue weighted by atomic mass is 10.1. The lowest BCUT2D eigenvalue weighted by Gasteiger charge is -2.12. The van der Waals surface area contributed by atoms with Crippen molar-refractivity contribution in [1.29, 1.82) is 0 Å². The molecule has 2 aromatic heterocycles. The van der Waals surface area contributed by atoms with Crippen LogP contribution in [0.1, 0.15) is 31.0 Å². The van der Waals surface area contributed by atoms with Crippen molar-refractivity contribution in [3.8, 4) is 0 Å². The van der Waals surface area contributed by atoms with Crippen molar-refractivity contribution in [2.24, 2.45) is 5.73 Å². The summed E-state index contributed by atoms with van der Waals surface area (Å²) in [7, 11) is 0. The van der Waals surface area contributed by atoms with Crippen molar-refractivity contribution in [2.45, 2.75) is 32.7 Å². The minimum absolute atomic E-state index is 0.0671. The van der Waals surface area contributed by atoms with E-state index in [2.05, 4.69) is 48.1 Å². The summed E-state index contributed by atoms with van der Waals surface area (Å²) in [6.45, 7) is 6.25. The maximum absolute atomic E-state index is 12.2. The molecule has 0 spiro atoms. The molecule has 0 saturated carbocycles. The fourth-order valence-electron chi connectivity index (χ4n) is 3.39. The number of ether oxygens (including phenoxy) is 2. The van der Waals surface area contributed by atoms with Gasteiger partial charge in [-0.2, -0.15) is 15.0 Å². The van der Waals surface area contributed by atoms with Crippen LogP contribution >= 0.6 is 0 Å². The Hall–Kier alpha value is -3.87. The largest absolute Gasteiger partial charge is 0.378 e. The summed E-state index contributed by atoms with van der Waals surface area (Å²) >= 11 is 0. The highest BCUT2D eigenvalue weighted by Crippen LogP contribution is 2.17. The molecule has 0 bridgehead atoms. The second-order valence-corrected chi connectivity index (χ2v) is 8.62. The first-order chi connectivity index (χ1) is 19.2. The second-order valence-electron chi connectivity index (χ2n) is 8.62. The van der Waals surface area contributed by atoms with Gasteiger partial charge in [0.2, 0.25) is 23.8 Å². The minimum Gasteiger partial charge on any atom is -0.378 e. The molecule has 0 saturated heterocycles. The van der Waals surface area contributed by atoms with Crippen molar-refractivity contribution in [3.63, 3.8) is 0 Å². The van der Waals surface area contributed by atoms with Crippen LogP contribution in [-0.2, 0) is 27.2 Å². The van der Waals surface area contributed by atoms with E-state index in [1.54, 1.807) is 6.20 Å². The number of anilines is 4. The summed E-state index contributed by atoms with van der Waals surface area (Å²) < 4.78 is 10.7. The van der Waals surface area contributed by atoms with Gasteiger partial charge in [0.15, 0.2) is 0 Å². The van der Waals surface area contributed by atoms with Gasteiger partial charge < -0.3 is 36.5 Å². The van der Waals surface area contributed by atoms with Crippen LogP contribution < -0.4 is 27.0 Å². The molecule has 0 aliphatic carbocycles. The van der Waals surface area contributed by atoms with Crippen LogP contribution in [0.3, 0.4) is 0 Å². The first-order valence-electron chi connectivity index (χ1n) is 13.3. The number of pyridine rings is 1. The van der Waals surface area contributed by atoms with Crippen molar-refractivity contribution in [1.82, 2.24) is 25.3 Å². The van der Waals surface area contributed by atoms with Crippen LogP contribution in [0.4, 0.5) is 23.5 Å². The van der Waals surface area contributed by atoms with Crippen LogP contribution in [0.25, 0.3) is 0 Å². The Morgan fingerprint density at radius 3 is 2.33 bits per heavy atom. The molecule has 0 atom stereocenters. The molecular weight excluding hydrogens is 498 g/mol. The number of nitrogens with zero attached hydrogens (tertiary/aromatic N) is 4. The van der Waals surface area contributed by atoms with Gasteiger partial charge in [0.1, 0.15) is 0 Å². The van der Waals surface area contributed by atoms with Crippen LogP contribution in [0.15, 0.2) is 48.7 Å². The Labute approximate surface area is 229 Å². The fraction of sp³-hybridized carbons (Fsp3) is 0.444. The normalized spacial score (nSPS) is 10.7. The van der Waals surface area contributed by atoms with E-state index in [1.165, 1.54) is 0 Å². The monoisotopic (exact) mass is 537 g/mol. The topological polar surface area (TPSA) is 161 Å². The van der Waals surface area contributed by atoms with Gasteiger partial charge in [-0.1, -0.05) is 31.5 Å². The third kappa shape index (κ3) is 12.0. The number of nitrogens with two attached hydrogens (primary N) is 1. The first-order valence-corrected chi connectivity index (χ1v) is 13.3. The van der Waals surface area contributed by atoms with E-state index in [1.807, 2.05) is 42.5 Å². The number of rotatable bonds is 19. The Bertz CT molecular complexity index is 1100. The molecule has 0 aliphatic heterocycles. The van der Waals surface area contributed by atoms with Gasteiger partial charge in [0.25, 0.3) is 0 Å². The number of benzene rings is 1. The highest BCUT2D eigenvalue weighted by molar-refractivity contribution is 5.78. The Morgan fingerprint density at radius 1 is 0.872 bits per heavy atom. The molecule has 12 nitrogen and oxygen atoms in total. The average molecular weight is 538 g/mol. The second kappa shape index (κ2) is 17.6. The van der Waals surface area contributed by atoms with Gasteiger partial charge >= 0.3 is 0 Å². The molecule has 6 N–H and O–H groups in total. The molecule has 0 aliphatic rings. The van der Waals surface area contributed by atoms with E-state index in [-0.39, 0.29) is 12.3 Å². The van der Waals surface area contributed by atoms with Gasteiger partial charge in [-0.3, -0.25) is 9.78 Å². The maximum Gasteiger partial charge on any atom is 0.233 e. The standard InChI is InChI=1S/C27H39N9O3/c1-2-3-12-31-25-34-26(32-20-23-6-4-5-13-29-23)36-27(35-25)33-22-9-7-21(8-10-22)19-24(37)30-14-16-39-18-17-38-15-11-28/h4-10,13H,2-3,11-12,14-20,28H2,1H3,(H,30,37)(H3,31,32,33,34,35,36). The van der Waals surface area contributed by atoms with E-state index < -0.39 is 0 Å². The third-order valence-electron chi connectivity index (χ3n) is 5.38. The van der Waals surface area contributed by atoms with E-state index in [4.69, 9.17) is 15.2 Å². The van der Waals surface area contributed by atoms with Crippen molar-refractivity contribution >= 4 is 29.4 Å². The number of carbonyl (C=O) groups is 1. The predicted octanol–water partition coefficient (Wildman–Crippen LogP) is 2.48. The summed E-state index contributed by atoms with van der Waals surface area (Å²) in [5.74, 6) is 1.27. The minimum atomic E-state index is -0.0671. The lowest BCUT2D eigenvalue weighted by molar-refractivity contribution is -0.120. The van der Waals surface area contributed by atoms with E-state index in [0.717, 1.165) is 36.3 Å². The summed E-state index contributed by atoms with van der Waals surface area (Å²) in [4.78, 5) is 30.1. The van der Waals surface area contributed by atoms with Crippen LogP contribution in [0, 0.1) is 0 Å². The zero-order chi connectivity index (χ0) is 27.5. The smallest absolute Gasteiger partial charge is 0.233 e. The van der Waals surface area contributed by atoms with Crippen LogP contribution in [0.5, 0.6) is 0 Å². The number of aromatic nitrogens is 4. The highest BCUT2D eigenvalue weighted by Gasteiger charge is 2.09. The molecule has 1 aromatic carbocycles. The van der Waals surface area contributed by atoms with Gasteiger partial charge in [-0.25, -0.2) is 0 Å². The number of amides is 1. The lowest BCUT2D eigenvalue weighted by Crippen LogP contribution is -2.29. The summed E-state index contributed by atoms with van der Waals surface area (Å²) in [6.07, 6.45) is 4.10. The van der Waals surface area contributed by atoms with Crippen LogP contribution in [0.2, 0.25) is 0 Å². The summed E-state index contributed by atoms with van der Waals surface area (Å²) in [5, 5.41) is 12.6. The summed E-state index contributed by atoms with van der Waals surface area (Å²) in [5.41, 5.74) is 7.93. The predicted molar refractivity (Wildman–Crippen MR) is 152 cm³/mol. The molecular formula is C27H39N9O3. The fourth-order valence-corrected chi connectivity index (χ4v) is 3.39. The molecule has 3 rings (SSSR count). The Morgan fingerprint density at radius 2 is 1.62 bits per heavy atom. The Kier molecular flexibility index (Phi) is 13.4. The number of carbonyl (C=O) groups excluding carboxylic acids is 1. The first kappa shape index (κ1) is 29.7. The van der Waals surface area contributed by atoms with E-state index in [0.29, 0.717) is 63.9 Å². The van der Waals surface area contributed by atoms with Crippen molar-refractivity contribution in [2.75, 3.05) is 62.0 Å². The molecule has 12 heteroatoms. The van der Waals surface area contributed by atoms with Gasteiger partial charge in [-0.05, 0) is 36.2 Å². The van der Waals surface area contributed by atoms with E-state index >= 15 is 0 Å². The Balaban J connectivity index is 1.50. The molecule has 0 fully saturated rings. The van der Waals surface area contributed by atoms with Gasteiger partial charge in [-0.15, -0.1) is 0 Å². The number of unbranched alkanes of at least 4 members (excludes halogenated alkanes) is 1. The molecule has 0 radical (unpaired) electrons. The van der Waals surface area contributed by atoms with Crippen molar-refractivity contribution in [3.05, 3.63) is 59.9 Å². The molecule has 1 amide bonds. The van der Waals surface area contributed by atoms with Crippen LogP contribution in [-0.4, -0.2) is 71.9 Å². The third-order valence-corrected chi connectivity index (χ3v) is 5.38. The quantitative estimate of drug-likeness (QED) is 0.143. The number of hydrogen-bond acceptors (Lipinski definition) is 11. The highest BCUT2D eigenvalue weighted by atomic mass is 16.5. The van der Waals surface area contributed by atoms with Gasteiger partial charge in [0.05, 0.1) is 45.1 Å². The SMILES string of the molecule is CCCCNc1nc(NCc2ccccn2)nc(Nc2ccc(CC(=O)NCCOCCOCCN)cc2)n1. The van der Waals surface area contributed by atoms with Gasteiger partial charge in [0, 0.05) is 31.5 Å². The number of hydrogen-bond donors (Lipinski definition) is 5. The zero-order valence-corrected chi connectivity index (χ0v) is 22.5. The number of nitrogens with one attached hydrogen (secondary N) is 4.